The molecule has 1 atom stereocenters. The molecule has 0 aliphatic heterocycles. The lowest BCUT2D eigenvalue weighted by Crippen LogP contribution is -2.15. The Bertz CT molecular complexity index is 553. The van der Waals surface area contributed by atoms with Gasteiger partial charge in [-0.2, -0.15) is 0 Å². The average molecular weight is 279 g/mol. The molecule has 0 amide bonds. The highest BCUT2D eigenvalue weighted by atomic mass is 32.1. The Balaban J connectivity index is 2.22. The topological polar surface area (TPSA) is 35.2 Å². The van der Waals surface area contributed by atoms with E-state index < -0.39 is 0 Å². The summed E-state index contributed by atoms with van der Waals surface area (Å²) >= 11 is 1.73. The van der Waals surface area contributed by atoms with E-state index in [4.69, 9.17) is 10.5 Å². The number of ether oxygens (including phenoxy) is 1. The highest BCUT2D eigenvalue weighted by Gasteiger charge is 2.18. The summed E-state index contributed by atoms with van der Waals surface area (Å²) in [6.45, 7) is 2.12. The van der Waals surface area contributed by atoms with Crippen LogP contribution in [0, 0.1) is 5.82 Å². The van der Waals surface area contributed by atoms with Gasteiger partial charge in [-0.25, -0.2) is 4.39 Å². The summed E-state index contributed by atoms with van der Waals surface area (Å²) in [5.74, 6) is 0.207. The van der Waals surface area contributed by atoms with Gasteiger partial charge in [0.2, 0.25) is 0 Å². The van der Waals surface area contributed by atoms with Crippen LogP contribution in [0.2, 0.25) is 0 Å². The van der Waals surface area contributed by atoms with Crippen LogP contribution in [0.3, 0.4) is 0 Å². The van der Waals surface area contributed by atoms with Crippen molar-refractivity contribution in [2.45, 2.75) is 25.8 Å². The molecule has 0 spiro atoms. The van der Waals surface area contributed by atoms with E-state index in [1.165, 1.54) is 22.9 Å². The molecule has 2 N–H and O–H groups in total. The molecule has 1 aromatic carbocycles. The molecule has 0 bridgehead atoms. The van der Waals surface area contributed by atoms with E-state index in [-0.39, 0.29) is 11.9 Å². The van der Waals surface area contributed by atoms with Gasteiger partial charge in [0.1, 0.15) is 11.6 Å². The third-order valence-electron chi connectivity index (χ3n) is 3.09. The Morgan fingerprint density at radius 1 is 1.26 bits per heavy atom. The van der Waals surface area contributed by atoms with Crippen molar-refractivity contribution in [3.63, 3.8) is 0 Å². The number of aryl methyl sites for hydroxylation is 1. The van der Waals surface area contributed by atoms with Crippen LogP contribution in [-0.4, -0.2) is 7.11 Å². The van der Waals surface area contributed by atoms with Crippen LogP contribution < -0.4 is 10.5 Å². The molecule has 0 fully saturated rings. The van der Waals surface area contributed by atoms with Crippen LogP contribution in [-0.2, 0) is 12.8 Å². The third-order valence-corrected chi connectivity index (χ3v) is 4.34. The molecule has 0 saturated carbocycles. The molecule has 0 saturated heterocycles. The van der Waals surface area contributed by atoms with Crippen molar-refractivity contribution in [2.24, 2.45) is 5.73 Å². The number of halogens is 1. The number of nitrogens with two attached hydrogens (primary N) is 1. The van der Waals surface area contributed by atoms with Gasteiger partial charge in [-0.05, 0) is 30.7 Å². The lowest BCUT2D eigenvalue weighted by atomic mass is 10.0. The molecular formula is C15H18FNOS. The number of benzene rings is 1. The van der Waals surface area contributed by atoms with Crippen molar-refractivity contribution in [3.05, 3.63) is 51.5 Å². The Morgan fingerprint density at radius 3 is 2.63 bits per heavy atom. The lowest BCUT2D eigenvalue weighted by molar-refractivity contribution is 0.399. The first-order valence-corrected chi connectivity index (χ1v) is 7.13. The van der Waals surface area contributed by atoms with E-state index in [1.807, 2.05) is 0 Å². The molecule has 2 nitrogen and oxygen atoms in total. The molecule has 0 radical (unpaired) electrons. The molecule has 1 unspecified atom stereocenters. The Kier molecular flexibility index (Phi) is 4.56. The molecule has 0 aliphatic rings. The van der Waals surface area contributed by atoms with Gasteiger partial charge in [-0.3, -0.25) is 0 Å². The van der Waals surface area contributed by atoms with Crippen molar-refractivity contribution in [2.75, 3.05) is 7.11 Å². The lowest BCUT2D eigenvalue weighted by Gasteiger charge is -2.15. The predicted molar refractivity (Wildman–Crippen MR) is 77.3 cm³/mol. The standard InChI is InChI=1S/C15H18FNOS/c1-3-10-7-8-11(19-10)9-13(17)15-12(16)5-4-6-14(15)18-2/h4-8,13H,3,9,17H2,1-2H3. The van der Waals surface area contributed by atoms with Crippen LogP contribution in [0.15, 0.2) is 30.3 Å². The monoisotopic (exact) mass is 279 g/mol. The first-order valence-electron chi connectivity index (χ1n) is 6.31. The molecule has 0 aliphatic carbocycles. The summed E-state index contributed by atoms with van der Waals surface area (Å²) in [6, 6.07) is 8.57. The predicted octanol–water partition coefficient (Wildman–Crippen LogP) is 3.70. The number of thiophene rings is 1. The van der Waals surface area contributed by atoms with E-state index in [9.17, 15) is 4.39 Å². The largest absolute Gasteiger partial charge is 0.496 e. The minimum absolute atomic E-state index is 0.306. The van der Waals surface area contributed by atoms with Gasteiger partial charge in [-0.1, -0.05) is 13.0 Å². The maximum absolute atomic E-state index is 13.9. The maximum atomic E-state index is 13.9. The van der Waals surface area contributed by atoms with Gasteiger partial charge in [-0.15, -0.1) is 11.3 Å². The third kappa shape index (κ3) is 3.14. The molecule has 4 heteroatoms. The molecule has 1 aromatic heterocycles. The van der Waals surface area contributed by atoms with E-state index in [0.29, 0.717) is 17.7 Å². The van der Waals surface area contributed by atoms with Gasteiger partial charge in [0.15, 0.2) is 0 Å². The average Bonchev–Trinajstić information content (AvgIpc) is 2.85. The van der Waals surface area contributed by atoms with E-state index >= 15 is 0 Å². The summed E-state index contributed by atoms with van der Waals surface area (Å²) in [7, 11) is 1.53. The second-order valence-electron chi connectivity index (χ2n) is 4.39. The SMILES string of the molecule is CCc1ccc(CC(N)c2c(F)cccc2OC)s1. The van der Waals surface area contributed by atoms with Crippen LogP contribution in [0.25, 0.3) is 0 Å². The molecule has 2 aromatic rings. The smallest absolute Gasteiger partial charge is 0.131 e. The van der Waals surface area contributed by atoms with Gasteiger partial charge >= 0.3 is 0 Å². The second kappa shape index (κ2) is 6.17. The van der Waals surface area contributed by atoms with Gasteiger partial charge in [0.05, 0.1) is 7.11 Å². The van der Waals surface area contributed by atoms with Crippen molar-refractivity contribution >= 4 is 11.3 Å². The van der Waals surface area contributed by atoms with Crippen LogP contribution in [0.4, 0.5) is 4.39 Å². The fourth-order valence-electron chi connectivity index (χ4n) is 2.10. The minimum Gasteiger partial charge on any atom is -0.496 e. The Hall–Kier alpha value is -1.39. The normalized spacial score (nSPS) is 12.4. The van der Waals surface area contributed by atoms with Gasteiger partial charge in [0.25, 0.3) is 0 Å². The fourth-order valence-corrected chi connectivity index (χ4v) is 3.11. The van der Waals surface area contributed by atoms with E-state index in [0.717, 1.165) is 6.42 Å². The highest BCUT2D eigenvalue weighted by Crippen LogP contribution is 2.30. The van der Waals surface area contributed by atoms with Crippen LogP contribution in [0.1, 0.15) is 28.3 Å². The molecule has 19 heavy (non-hydrogen) atoms. The molecule has 2 rings (SSSR count). The number of hydrogen-bond acceptors (Lipinski definition) is 3. The number of methoxy groups -OCH3 is 1. The zero-order chi connectivity index (χ0) is 13.8. The maximum Gasteiger partial charge on any atom is 0.131 e. The Labute approximate surface area is 117 Å². The molecular weight excluding hydrogens is 261 g/mol. The van der Waals surface area contributed by atoms with Crippen molar-refractivity contribution in [1.82, 2.24) is 0 Å². The summed E-state index contributed by atoms with van der Waals surface area (Å²) in [5, 5.41) is 0. The fraction of sp³-hybridized carbons (Fsp3) is 0.333. The van der Waals surface area contributed by atoms with Crippen LogP contribution >= 0.6 is 11.3 Å². The number of rotatable bonds is 5. The van der Waals surface area contributed by atoms with E-state index in [1.54, 1.807) is 23.5 Å². The highest BCUT2D eigenvalue weighted by molar-refractivity contribution is 7.11. The van der Waals surface area contributed by atoms with Crippen molar-refractivity contribution < 1.29 is 9.13 Å². The first-order chi connectivity index (χ1) is 9.15. The zero-order valence-electron chi connectivity index (χ0n) is 11.2. The summed E-state index contributed by atoms with van der Waals surface area (Å²) in [5.41, 5.74) is 6.60. The molecule has 102 valence electrons. The molecule has 1 heterocycles. The second-order valence-corrected chi connectivity index (χ2v) is 5.64. The van der Waals surface area contributed by atoms with E-state index in [2.05, 4.69) is 19.1 Å². The van der Waals surface area contributed by atoms with Crippen LogP contribution in [0.5, 0.6) is 5.75 Å². The van der Waals surface area contributed by atoms with Crippen molar-refractivity contribution in [1.29, 1.82) is 0 Å². The number of hydrogen-bond donors (Lipinski definition) is 1. The quantitative estimate of drug-likeness (QED) is 0.905. The zero-order valence-corrected chi connectivity index (χ0v) is 12.0. The first kappa shape index (κ1) is 14.0. The van der Waals surface area contributed by atoms with Gasteiger partial charge in [0, 0.05) is 27.8 Å². The Morgan fingerprint density at radius 2 is 2.00 bits per heavy atom. The minimum atomic E-state index is -0.389. The summed E-state index contributed by atoms with van der Waals surface area (Å²) in [4.78, 5) is 2.50. The summed E-state index contributed by atoms with van der Waals surface area (Å²) in [6.07, 6.45) is 1.64. The van der Waals surface area contributed by atoms with Crippen molar-refractivity contribution in [3.8, 4) is 5.75 Å². The van der Waals surface area contributed by atoms with Gasteiger partial charge < -0.3 is 10.5 Å². The summed E-state index contributed by atoms with van der Waals surface area (Å²) < 4.78 is 19.1.